The van der Waals surface area contributed by atoms with Crippen LogP contribution in [0.1, 0.15) is 27.3 Å². The molecule has 6 nitrogen and oxygen atoms in total. The molecule has 0 aliphatic rings. The molecule has 8 heteroatoms. The van der Waals surface area contributed by atoms with Crippen LogP contribution in [-0.4, -0.2) is 48.9 Å². The second-order valence-electron chi connectivity index (χ2n) is 5.93. The van der Waals surface area contributed by atoms with Gasteiger partial charge >= 0.3 is 0 Å². The molecule has 1 heterocycles. The summed E-state index contributed by atoms with van der Waals surface area (Å²) < 4.78 is 26.1. The Balaban J connectivity index is 1.99. The molecular formula is C18H20F2N4O2. The van der Waals surface area contributed by atoms with E-state index < -0.39 is 17.5 Å². The first-order chi connectivity index (χ1) is 12.4. The summed E-state index contributed by atoms with van der Waals surface area (Å²) in [5, 5.41) is 5.18. The number of benzene rings is 1. The summed E-state index contributed by atoms with van der Waals surface area (Å²) in [7, 11) is 3.89. The molecule has 138 valence electrons. The van der Waals surface area contributed by atoms with Gasteiger partial charge in [0.2, 0.25) is 0 Å². The first-order valence-corrected chi connectivity index (χ1v) is 8.02. The lowest BCUT2D eigenvalue weighted by atomic mass is 10.2. The summed E-state index contributed by atoms with van der Waals surface area (Å²) in [5.41, 5.74) is 0.380. The Kier molecular flexibility index (Phi) is 6.74. The topological polar surface area (TPSA) is 74.3 Å². The highest BCUT2D eigenvalue weighted by Crippen LogP contribution is 2.14. The molecule has 0 fully saturated rings. The van der Waals surface area contributed by atoms with Crippen molar-refractivity contribution in [2.75, 3.05) is 32.5 Å². The number of anilines is 1. The summed E-state index contributed by atoms with van der Waals surface area (Å²) in [6.07, 6.45) is 2.14. The van der Waals surface area contributed by atoms with Crippen molar-refractivity contribution in [3.63, 3.8) is 0 Å². The summed E-state index contributed by atoms with van der Waals surface area (Å²) in [4.78, 5) is 30.2. The van der Waals surface area contributed by atoms with Gasteiger partial charge in [-0.2, -0.15) is 0 Å². The van der Waals surface area contributed by atoms with Crippen molar-refractivity contribution in [1.82, 2.24) is 15.2 Å². The number of rotatable bonds is 7. The molecule has 0 spiro atoms. The predicted molar refractivity (Wildman–Crippen MR) is 94.1 cm³/mol. The molecule has 0 atom stereocenters. The van der Waals surface area contributed by atoms with Crippen LogP contribution in [0.4, 0.5) is 14.5 Å². The molecule has 2 rings (SSSR count). The number of carbonyl (C=O) groups excluding carboxylic acids is 2. The molecular weight excluding hydrogens is 342 g/mol. The smallest absolute Gasteiger partial charge is 0.274 e. The van der Waals surface area contributed by atoms with Crippen LogP contribution < -0.4 is 10.6 Å². The average Bonchev–Trinajstić information content (AvgIpc) is 2.61. The van der Waals surface area contributed by atoms with Crippen molar-refractivity contribution in [3.05, 3.63) is 59.4 Å². The molecule has 0 radical (unpaired) electrons. The molecule has 2 amide bonds. The minimum absolute atomic E-state index is 0.00400. The van der Waals surface area contributed by atoms with E-state index >= 15 is 0 Å². The van der Waals surface area contributed by atoms with E-state index in [9.17, 15) is 18.4 Å². The van der Waals surface area contributed by atoms with Crippen LogP contribution in [-0.2, 0) is 0 Å². The third-order valence-electron chi connectivity index (χ3n) is 3.50. The summed E-state index contributed by atoms with van der Waals surface area (Å²) >= 11 is 0. The van der Waals surface area contributed by atoms with Gasteiger partial charge < -0.3 is 15.5 Å². The van der Waals surface area contributed by atoms with E-state index in [4.69, 9.17) is 0 Å². The lowest BCUT2D eigenvalue weighted by Gasteiger charge is -2.10. The van der Waals surface area contributed by atoms with Gasteiger partial charge in [0, 0.05) is 30.1 Å². The standard InChI is InChI=1S/C18H20F2N4O2/c1-24(2)9-3-7-22-17(25)12-6-8-21-16(10-12)18(26)23-13-4-5-14(19)15(20)11-13/h4-6,8,10-11H,3,7,9H2,1-2H3,(H,22,25)(H,23,26). The zero-order valence-electron chi connectivity index (χ0n) is 14.6. The van der Waals surface area contributed by atoms with E-state index in [1.54, 1.807) is 0 Å². The quantitative estimate of drug-likeness (QED) is 0.741. The van der Waals surface area contributed by atoms with Crippen molar-refractivity contribution in [3.8, 4) is 0 Å². The first-order valence-electron chi connectivity index (χ1n) is 8.02. The molecule has 2 aromatic rings. The van der Waals surface area contributed by atoms with Gasteiger partial charge in [0.05, 0.1) is 0 Å². The normalized spacial score (nSPS) is 10.7. The highest BCUT2D eigenvalue weighted by molar-refractivity contribution is 6.04. The molecule has 0 aliphatic heterocycles. The van der Waals surface area contributed by atoms with Crippen molar-refractivity contribution in [2.24, 2.45) is 0 Å². The van der Waals surface area contributed by atoms with Crippen LogP contribution >= 0.6 is 0 Å². The second-order valence-corrected chi connectivity index (χ2v) is 5.93. The molecule has 26 heavy (non-hydrogen) atoms. The molecule has 1 aromatic heterocycles. The monoisotopic (exact) mass is 362 g/mol. The molecule has 0 aliphatic carbocycles. The Bertz CT molecular complexity index is 797. The maximum atomic E-state index is 13.2. The SMILES string of the molecule is CN(C)CCCNC(=O)c1ccnc(C(=O)Nc2ccc(F)c(F)c2)c1. The number of nitrogens with zero attached hydrogens (tertiary/aromatic N) is 2. The van der Waals surface area contributed by atoms with Crippen LogP contribution in [0.15, 0.2) is 36.5 Å². The molecule has 0 saturated heterocycles. The number of hydrogen-bond acceptors (Lipinski definition) is 4. The zero-order chi connectivity index (χ0) is 19.1. The lowest BCUT2D eigenvalue weighted by molar-refractivity contribution is 0.0952. The fraction of sp³-hybridized carbons (Fsp3) is 0.278. The highest BCUT2D eigenvalue weighted by Gasteiger charge is 2.13. The summed E-state index contributed by atoms with van der Waals surface area (Å²) in [6.45, 7) is 1.36. The van der Waals surface area contributed by atoms with Crippen molar-refractivity contribution >= 4 is 17.5 Å². The number of hydrogen-bond donors (Lipinski definition) is 2. The Morgan fingerprint density at radius 1 is 1.08 bits per heavy atom. The third kappa shape index (κ3) is 5.59. The fourth-order valence-electron chi connectivity index (χ4n) is 2.16. The largest absolute Gasteiger partial charge is 0.352 e. The van der Waals surface area contributed by atoms with E-state index in [0.717, 1.165) is 25.1 Å². The number of aromatic nitrogens is 1. The Morgan fingerprint density at radius 3 is 2.54 bits per heavy atom. The van der Waals surface area contributed by atoms with Crippen molar-refractivity contribution in [1.29, 1.82) is 0 Å². The Morgan fingerprint density at radius 2 is 1.85 bits per heavy atom. The number of pyridine rings is 1. The molecule has 0 unspecified atom stereocenters. The van der Waals surface area contributed by atoms with Gasteiger partial charge in [0.15, 0.2) is 11.6 Å². The number of halogens is 2. The number of amides is 2. The van der Waals surface area contributed by atoms with Crippen LogP contribution in [0.3, 0.4) is 0 Å². The minimum atomic E-state index is -1.07. The van der Waals surface area contributed by atoms with Gasteiger partial charge in [-0.05, 0) is 51.3 Å². The third-order valence-corrected chi connectivity index (χ3v) is 3.50. The minimum Gasteiger partial charge on any atom is -0.352 e. The van der Waals surface area contributed by atoms with Crippen LogP contribution in [0.25, 0.3) is 0 Å². The van der Waals surface area contributed by atoms with Gasteiger partial charge in [0.1, 0.15) is 5.69 Å². The molecule has 0 bridgehead atoms. The van der Waals surface area contributed by atoms with Gasteiger partial charge in [-0.25, -0.2) is 8.78 Å². The molecule has 2 N–H and O–H groups in total. The first kappa shape index (κ1) is 19.5. The molecule has 0 saturated carbocycles. The number of nitrogens with one attached hydrogen (secondary N) is 2. The van der Waals surface area contributed by atoms with E-state index in [1.807, 2.05) is 19.0 Å². The van der Waals surface area contributed by atoms with Gasteiger partial charge in [-0.15, -0.1) is 0 Å². The van der Waals surface area contributed by atoms with Crippen LogP contribution in [0.2, 0.25) is 0 Å². The fourth-order valence-corrected chi connectivity index (χ4v) is 2.16. The summed E-state index contributed by atoms with van der Waals surface area (Å²) in [6, 6.07) is 5.86. The predicted octanol–water partition coefficient (Wildman–Crippen LogP) is 2.29. The van der Waals surface area contributed by atoms with Crippen molar-refractivity contribution < 1.29 is 18.4 Å². The van der Waals surface area contributed by atoms with Gasteiger partial charge in [-0.1, -0.05) is 0 Å². The number of carbonyl (C=O) groups is 2. The summed E-state index contributed by atoms with van der Waals surface area (Å²) in [5.74, 6) is -3.01. The van der Waals surface area contributed by atoms with E-state index in [1.165, 1.54) is 24.4 Å². The van der Waals surface area contributed by atoms with Crippen LogP contribution in [0, 0.1) is 11.6 Å². The maximum Gasteiger partial charge on any atom is 0.274 e. The van der Waals surface area contributed by atoms with E-state index in [-0.39, 0.29) is 17.3 Å². The van der Waals surface area contributed by atoms with E-state index in [0.29, 0.717) is 12.1 Å². The Labute approximate surface area is 150 Å². The lowest BCUT2D eigenvalue weighted by Crippen LogP contribution is -2.27. The molecule has 1 aromatic carbocycles. The van der Waals surface area contributed by atoms with Crippen LogP contribution in [0.5, 0.6) is 0 Å². The van der Waals surface area contributed by atoms with Crippen molar-refractivity contribution in [2.45, 2.75) is 6.42 Å². The maximum absolute atomic E-state index is 13.2. The van der Waals surface area contributed by atoms with E-state index in [2.05, 4.69) is 15.6 Å². The average molecular weight is 362 g/mol. The second kappa shape index (κ2) is 9.00. The van der Waals surface area contributed by atoms with Gasteiger partial charge in [-0.3, -0.25) is 14.6 Å². The van der Waals surface area contributed by atoms with Gasteiger partial charge in [0.25, 0.3) is 11.8 Å². The highest BCUT2D eigenvalue weighted by atomic mass is 19.2. The zero-order valence-corrected chi connectivity index (χ0v) is 14.6. The Hall–Kier alpha value is -2.87.